The number of rotatable bonds is 11. The molecule has 0 fully saturated rings. The first-order chi connectivity index (χ1) is 14.3. The van der Waals surface area contributed by atoms with E-state index in [1.165, 1.54) is 4.99 Å². The van der Waals surface area contributed by atoms with Crippen molar-refractivity contribution in [3.63, 3.8) is 0 Å². The normalized spacial score (nSPS) is 18.3. The van der Waals surface area contributed by atoms with Crippen molar-refractivity contribution in [2.24, 2.45) is 11.0 Å². The number of ether oxygens (including phenoxy) is 1. The molecule has 0 aliphatic carbocycles. The highest BCUT2D eigenvalue weighted by molar-refractivity contribution is 8.27. The third-order valence-electron chi connectivity index (χ3n) is 4.59. The second-order valence-corrected chi connectivity index (χ2v) is 11.9. The number of carbonyl (C=O) groups is 3. The van der Waals surface area contributed by atoms with Crippen LogP contribution in [0.15, 0.2) is 5.10 Å². The Bertz CT molecular complexity index is 698. The molecule has 1 aliphatic heterocycles. The number of hydrazone groups is 1. The molecule has 0 saturated heterocycles. The highest BCUT2D eigenvalue weighted by Crippen LogP contribution is 2.27. The maximum absolute atomic E-state index is 12.8. The number of alkyl carbamates (subject to hydrolysis) is 1. The molecule has 0 radical (unpaired) electrons. The molecule has 0 aromatic heterocycles. The Labute approximate surface area is 189 Å². The average Bonchev–Trinajstić information content (AvgIpc) is 2.99. The maximum Gasteiger partial charge on any atom is 0.408 e. The predicted octanol–water partition coefficient (Wildman–Crippen LogP) is 3.48. The molecule has 178 valence electrons. The summed E-state index contributed by atoms with van der Waals surface area (Å²) >= 11 is 0. The van der Waals surface area contributed by atoms with E-state index >= 15 is 0 Å². The molecular formula is C22H40N4O4S. The lowest BCUT2D eigenvalue weighted by atomic mass is 10.0. The van der Waals surface area contributed by atoms with Gasteiger partial charge in [0.25, 0.3) is 0 Å². The molecule has 9 heteroatoms. The molecule has 8 nitrogen and oxygen atoms in total. The zero-order valence-electron chi connectivity index (χ0n) is 20.2. The first-order valence-corrected chi connectivity index (χ1v) is 12.3. The van der Waals surface area contributed by atoms with E-state index in [9.17, 15) is 14.4 Å². The summed E-state index contributed by atoms with van der Waals surface area (Å²) in [5.74, 6) is -0.184. The Hall–Kier alpha value is -1.90. The van der Waals surface area contributed by atoms with Crippen LogP contribution in [0.4, 0.5) is 4.79 Å². The van der Waals surface area contributed by atoms with Crippen molar-refractivity contribution in [3.8, 4) is 0 Å². The largest absolute Gasteiger partial charge is 0.444 e. The van der Waals surface area contributed by atoms with Crippen molar-refractivity contribution >= 4 is 39.3 Å². The highest BCUT2D eigenvalue weighted by Gasteiger charge is 2.27. The molecule has 0 spiro atoms. The van der Waals surface area contributed by atoms with Crippen molar-refractivity contribution in [2.45, 2.75) is 97.1 Å². The maximum atomic E-state index is 12.8. The minimum atomic E-state index is -0.757. The highest BCUT2D eigenvalue weighted by atomic mass is 32.2. The Morgan fingerprint density at radius 3 is 2.39 bits per heavy atom. The number of nitrogens with one attached hydrogen (secondary N) is 2. The lowest BCUT2D eigenvalue weighted by Crippen LogP contribution is -2.51. The van der Waals surface area contributed by atoms with Crippen LogP contribution in [-0.2, 0) is 14.3 Å². The molecular weight excluding hydrogens is 416 g/mol. The summed E-state index contributed by atoms with van der Waals surface area (Å²) in [5.41, 5.74) is 1.34. The SMILES string of the molecule is CC(C)C[C@H](NC(=O)OC(C)(C)C)C(=O)NC(C=O)CCCC1=S(C(C)C)C=NN1C. The fraction of sp³-hybridized carbons (Fsp3) is 0.773. The van der Waals surface area contributed by atoms with Crippen LogP contribution in [0.25, 0.3) is 0 Å². The molecule has 0 aromatic carbocycles. The minimum Gasteiger partial charge on any atom is -0.444 e. The monoisotopic (exact) mass is 456 g/mol. The van der Waals surface area contributed by atoms with Crippen LogP contribution in [-0.4, -0.2) is 63.8 Å². The van der Waals surface area contributed by atoms with E-state index in [4.69, 9.17) is 4.74 Å². The Morgan fingerprint density at radius 1 is 1.23 bits per heavy atom. The van der Waals surface area contributed by atoms with Crippen molar-refractivity contribution in [2.75, 3.05) is 7.05 Å². The second kappa shape index (κ2) is 12.2. The molecule has 2 amide bonds. The van der Waals surface area contributed by atoms with Crippen LogP contribution in [0.3, 0.4) is 0 Å². The topological polar surface area (TPSA) is 100 Å². The van der Waals surface area contributed by atoms with Crippen molar-refractivity contribution in [1.29, 1.82) is 0 Å². The van der Waals surface area contributed by atoms with Gasteiger partial charge >= 0.3 is 6.09 Å². The molecule has 2 N–H and O–H groups in total. The fourth-order valence-corrected chi connectivity index (χ4v) is 5.04. The molecule has 2 unspecified atom stereocenters. The summed E-state index contributed by atoms with van der Waals surface area (Å²) in [4.78, 5) is 37.8. The summed E-state index contributed by atoms with van der Waals surface area (Å²) in [6, 6.07) is -1.36. The lowest BCUT2D eigenvalue weighted by Gasteiger charge is -2.25. The third kappa shape index (κ3) is 9.84. The fourth-order valence-electron chi connectivity index (χ4n) is 3.16. The average molecular weight is 457 g/mol. The molecule has 0 aromatic rings. The van der Waals surface area contributed by atoms with Gasteiger partial charge in [-0.25, -0.2) is 4.79 Å². The molecule has 1 rings (SSSR count). The molecule has 31 heavy (non-hydrogen) atoms. The number of nitrogens with zero attached hydrogens (tertiary/aromatic N) is 2. The number of aldehydes is 1. The van der Waals surface area contributed by atoms with Crippen molar-refractivity contribution in [1.82, 2.24) is 15.6 Å². The van der Waals surface area contributed by atoms with Crippen molar-refractivity contribution in [3.05, 3.63) is 0 Å². The predicted molar refractivity (Wildman–Crippen MR) is 128 cm³/mol. The minimum absolute atomic E-state index is 0.0102. The van der Waals surface area contributed by atoms with Crippen LogP contribution in [0.5, 0.6) is 0 Å². The molecule has 0 bridgehead atoms. The van der Waals surface area contributed by atoms with Gasteiger partial charge in [0.2, 0.25) is 5.91 Å². The Morgan fingerprint density at radius 2 is 1.87 bits per heavy atom. The zero-order chi connectivity index (χ0) is 23.8. The number of carbonyl (C=O) groups excluding carboxylic acids is 3. The standard InChI is InChI=1S/C22H40N4O4S/c1-15(2)12-18(25-21(29)30-22(5,6)7)20(28)24-17(13-27)10-9-11-19-26(8)23-14-31(19)16(3)4/h13-18H,9-12H2,1-8H3,(H,24,28)(H,25,29)/t17?,18-,31?/m0/s1. The zero-order valence-corrected chi connectivity index (χ0v) is 21.0. The second-order valence-electron chi connectivity index (χ2n) is 9.53. The van der Waals surface area contributed by atoms with Crippen LogP contribution in [0.2, 0.25) is 0 Å². The van der Waals surface area contributed by atoms with Crippen LogP contribution < -0.4 is 10.6 Å². The van der Waals surface area contributed by atoms with E-state index in [1.807, 2.05) is 31.5 Å². The molecule has 3 atom stereocenters. The van der Waals surface area contributed by atoms with Crippen LogP contribution in [0, 0.1) is 5.92 Å². The van der Waals surface area contributed by atoms with Gasteiger partial charge in [0.15, 0.2) is 0 Å². The van der Waals surface area contributed by atoms with E-state index in [0.29, 0.717) is 18.1 Å². The van der Waals surface area contributed by atoms with Gasteiger partial charge in [-0.1, -0.05) is 27.7 Å². The quantitative estimate of drug-likeness (QED) is 0.366. The summed E-state index contributed by atoms with van der Waals surface area (Å²) in [7, 11) is 1.95. The number of hydrogen-bond acceptors (Lipinski definition) is 6. The van der Waals surface area contributed by atoms with Gasteiger partial charge in [0.05, 0.1) is 16.6 Å². The van der Waals surface area contributed by atoms with E-state index in [0.717, 1.165) is 19.1 Å². The first-order valence-electron chi connectivity index (χ1n) is 10.9. The Balaban J connectivity index is 2.67. The van der Waals surface area contributed by atoms with Gasteiger partial charge in [-0.3, -0.25) is 9.80 Å². The van der Waals surface area contributed by atoms with Gasteiger partial charge < -0.3 is 20.2 Å². The van der Waals surface area contributed by atoms with E-state index in [1.54, 1.807) is 20.8 Å². The molecule has 1 heterocycles. The first kappa shape index (κ1) is 27.1. The molecule has 0 saturated carbocycles. The van der Waals surface area contributed by atoms with E-state index < -0.39 is 23.8 Å². The smallest absolute Gasteiger partial charge is 0.408 e. The molecule has 1 aliphatic rings. The number of amides is 2. The Kier molecular flexibility index (Phi) is 10.7. The van der Waals surface area contributed by atoms with E-state index in [-0.39, 0.29) is 22.3 Å². The van der Waals surface area contributed by atoms with Crippen LogP contribution in [0.1, 0.15) is 74.1 Å². The van der Waals surface area contributed by atoms with E-state index in [2.05, 4.69) is 29.6 Å². The van der Waals surface area contributed by atoms with Crippen LogP contribution >= 0.6 is 10.5 Å². The summed E-state index contributed by atoms with van der Waals surface area (Å²) < 4.78 is 5.27. The summed E-state index contributed by atoms with van der Waals surface area (Å²) in [5, 5.41) is 12.2. The number of hydrogen-bond donors (Lipinski definition) is 2. The van der Waals surface area contributed by atoms with Gasteiger partial charge in [-0.2, -0.15) is 5.10 Å². The van der Waals surface area contributed by atoms with Gasteiger partial charge in [0, 0.05) is 12.3 Å². The van der Waals surface area contributed by atoms with Crippen molar-refractivity contribution < 1.29 is 19.1 Å². The summed E-state index contributed by atoms with van der Waals surface area (Å²) in [6.07, 6.45) is 2.69. The third-order valence-corrected chi connectivity index (χ3v) is 6.94. The van der Waals surface area contributed by atoms with Gasteiger partial charge in [0.1, 0.15) is 17.9 Å². The van der Waals surface area contributed by atoms with Gasteiger partial charge in [-0.15, -0.1) is 10.5 Å². The summed E-state index contributed by atoms with van der Waals surface area (Å²) in [6.45, 7) is 13.6. The lowest BCUT2D eigenvalue weighted by molar-refractivity contribution is -0.126. The van der Waals surface area contributed by atoms with Gasteiger partial charge in [-0.05, 0) is 52.4 Å².